The van der Waals surface area contributed by atoms with Crippen LogP contribution in [-0.4, -0.2) is 22.4 Å². The van der Waals surface area contributed by atoms with Gasteiger partial charge in [0, 0.05) is 29.2 Å². The second kappa shape index (κ2) is 6.67. The highest BCUT2D eigenvalue weighted by Crippen LogP contribution is 2.36. The maximum absolute atomic E-state index is 12.1. The van der Waals surface area contributed by atoms with Crippen LogP contribution in [0.4, 0.5) is 5.69 Å². The SMILES string of the molecule is Cc1csc(Sc2ccc(C(=O)NCC3CC3)cc2[N+](=O)[O-])n1. The highest BCUT2D eigenvalue weighted by molar-refractivity contribution is 8.01. The first kappa shape index (κ1) is 15.9. The van der Waals surface area contributed by atoms with Crippen LogP contribution in [-0.2, 0) is 0 Å². The molecule has 1 amide bonds. The Morgan fingerprint density at radius 1 is 1.52 bits per heavy atom. The molecule has 0 radical (unpaired) electrons. The number of hydrogen-bond acceptors (Lipinski definition) is 6. The topological polar surface area (TPSA) is 85.1 Å². The number of amides is 1. The second-order valence-electron chi connectivity index (χ2n) is 5.45. The molecule has 1 aliphatic rings. The number of benzene rings is 1. The Morgan fingerprint density at radius 2 is 2.30 bits per heavy atom. The lowest BCUT2D eigenvalue weighted by Gasteiger charge is -2.06. The van der Waals surface area contributed by atoms with Crippen molar-refractivity contribution in [2.75, 3.05) is 6.54 Å². The third kappa shape index (κ3) is 4.08. The highest BCUT2D eigenvalue weighted by Gasteiger charge is 2.23. The first-order chi connectivity index (χ1) is 11.0. The molecule has 6 nitrogen and oxygen atoms in total. The monoisotopic (exact) mass is 349 g/mol. The summed E-state index contributed by atoms with van der Waals surface area (Å²) in [7, 11) is 0. The number of nitrogens with zero attached hydrogens (tertiary/aromatic N) is 2. The molecule has 0 saturated heterocycles. The average molecular weight is 349 g/mol. The van der Waals surface area contributed by atoms with Gasteiger partial charge < -0.3 is 5.32 Å². The molecule has 2 aromatic rings. The summed E-state index contributed by atoms with van der Waals surface area (Å²) in [6, 6.07) is 4.58. The number of nitro groups is 1. The summed E-state index contributed by atoms with van der Waals surface area (Å²) in [5.74, 6) is 0.304. The zero-order chi connectivity index (χ0) is 16.4. The summed E-state index contributed by atoms with van der Waals surface area (Å²) >= 11 is 2.69. The van der Waals surface area contributed by atoms with Crippen molar-refractivity contribution >= 4 is 34.7 Å². The van der Waals surface area contributed by atoms with E-state index < -0.39 is 4.92 Å². The Hall–Kier alpha value is -1.93. The van der Waals surface area contributed by atoms with Crippen molar-refractivity contribution in [2.45, 2.75) is 29.0 Å². The molecule has 0 spiro atoms. The maximum Gasteiger partial charge on any atom is 0.284 e. The van der Waals surface area contributed by atoms with Crippen molar-refractivity contribution in [2.24, 2.45) is 5.92 Å². The van der Waals surface area contributed by atoms with Crippen LogP contribution < -0.4 is 5.32 Å². The lowest BCUT2D eigenvalue weighted by molar-refractivity contribution is -0.387. The van der Waals surface area contributed by atoms with Gasteiger partial charge in [0.15, 0.2) is 4.34 Å². The molecule has 0 unspecified atom stereocenters. The summed E-state index contributed by atoms with van der Waals surface area (Å²) in [6.45, 7) is 2.52. The summed E-state index contributed by atoms with van der Waals surface area (Å²) in [6.07, 6.45) is 2.28. The van der Waals surface area contributed by atoms with E-state index in [1.54, 1.807) is 12.1 Å². The number of hydrogen-bond donors (Lipinski definition) is 1. The van der Waals surface area contributed by atoms with Crippen molar-refractivity contribution in [3.05, 3.63) is 45.0 Å². The Morgan fingerprint density at radius 3 is 2.91 bits per heavy atom. The number of aromatic nitrogens is 1. The molecule has 0 bridgehead atoms. The molecule has 1 aromatic carbocycles. The number of thiazole rings is 1. The standard InChI is InChI=1S/C15H15N3O3S2/c1-9-8-22-15(17-9)23-13-5-4-11(6-12(13)18(20)21)14(19)16-7-10-2-3-10/h4-6,8,10H,2-3,7H2,1H3,(H,16,19). The van der Waals surface area contributed by atoms with E-state index in [1.165, 1.54) is 29.2 Å². The first-order valence-corrected chi connectivity index (χ1v) is 8.89. The van der Waals surface area contributed by atoms with E-state index >= 15 is 0 Å². The minimum atomic E-state index is -0.458. The van der Waals surface area contributed by atoms with Crippen LogP contribution in [0.1, 0.15) is 28.9 Å². The van der Waals surface area contributed by atoms with Crippen LogP contribution in [0.25, 0.3) is 0 Å². The van der Waals surface area contributed by atoms with Gasteiger partial charge >= 0.3 is 0 Å². The first-order valence-electron chi connectivity index (χ1n) is 7.19. The van der Waals surface area contributed by atoms with E-state index in [1.807, 2.05) is 12.3 Å². The quantitative estimate of drug-likeness (QED) is 0.635. The Labute approximate surface area is 141 Å². The predicted molar refractivity (Wildman–Crippen MR) is 89.1 cm³/mol. The fourth-order valence-corrected chi connectivity index (χ4v) is 3.90. The minimum absolute atomic E-state index is 0.0677. The normalized spacial score (nSPS) is 13.8. The van der Waals surface area contributed by atoms with Gasteiger partial charge in [-0.2, -0.15) is 0 Å². The number of carbonyl (C=O) groups is 1. The number of rotatable bonds is 6. The zero-order valence-electron chi connectivity index (χ0n) is 12.4. The summed E-state index contributed by atoms with van der Waals surface area (Å²) < 4.78 is 0.747. The van der Waals surface area contributed by atoms with Gasteiger partial charge in [-0.05, 0) is 37.8 Å². The zero-order valence-corrected chi connectivity index (χ0v) is 14.1. The maximum atomic E-state index is 12.1. The van der Waals surface area contributed by atoms with Gasteiger partial charge in [0.05, 0.1) is 9.82 Å². The van der Waals surface area contributed by atoms with Crippen LogP contribution in [0, 0.1) is 23.0 Å². The van der Waals surface area contributed by atoms with E-state index in [0.717, 1.165) is 22.9 Å². The van der Waals surface area contributed by atoms with Gasteiger partial charge in [0.1, 0.15) is 0 Å². The third-order valence-electron chi connectivity index (χ3n) is 3.46. The van der Waals surface area contributed by atoms with Crippen molar-refractivity contribution < 1.29 is 9.72 Å². The van der Waals surface area contributed by atoms with Crippen LogP contribution in [0.15, 0.2) is 32.8 Å². The Balaban J connectivity index is 1.79. The summed E-state index contributed by atoms with van der Waals surface area (Å²) in [4.78, 5) is 27.7. The van der Waals surface area contributed by atoms with E-state index in [2.05, 4.69) is 10.3 Å². The van der Waals surface area contributed by atoms with E-state index in [9.17, 15) is 14.9 Å². The molecule has 1 heterocycles. The van der Waals surface area contributed by atoms with Crippen LogP contribution in [0.2, 0.25) is 0 Å². The molecule has 0 aliphatic heterocycles. The molecule has 120 valence electrons. The molecular formula is C15H15N3O3S2. The van der Waals surface area contributed by atoms with Crippen LogP contribution in [0.5, 0.6) is 0 Å². The molecule has 1 fully saturated rings. The highest BCUT2D eigenvalue weighted by atomic mass is 32.2. The molecule has 1 saturated carbocycles. The lowest BCUT2D eigenvalue weighted by atomic mass is 10.2. The summed E-state index contributed by atoms with van der Waals surface area (Å²) in [5, 5.41) is 16.0. The number of nitro benzene ring substituents is 1. The van der Waals surface area contributed by atoms with Crippen molar-refractivity contribution in [3.8, 4) is 0 Å². The predicted octanol–water partition coefficient (Wildman–Crippen LogP) is 3.65. The van der Waals surface area contributed by atoms with Crippen molar-refractivity contribution in [1.29, 1.82) is 0 Å². The number of nitrogens with one attached hydrogen (secondary N) is 1. The van der Waals surface area contributed by atoms with Gasteiger partial charge in [-0.1, -0.05) is 11.8 Å². The minimum Gasteiger partial charge on any atom is -0.352 e. The van der Waals surface area contributed by atoms with Gasteiger partial charge in [0.2, 0.25) is 0 Å². The third-order valence-corrected chi connectivity index (χ3v) is 5.58. The molecule has 8 heteroatoms. The van der Waals surface area contributed by atoms with Gasteiger partial charge in [-0.25, -0.2) is 4.98 Å². The Kier molecular flexibility index (Phi) is 4.63. The lowest BCUT2D eigenvalue weighted by Crippen LogP contribution is -2.25. The van der Waals surface area contributed by atoms with E-state index in [0.29, 0.717) is 22.9 Å². The number of carbonyl (C=O) groups excluding carboxylic acids is 1. The van der Waals surface area contributed by atoms with Crippen LogP contribution in [0.3, 0.4) is 0 Å². The number of aryl methyl sites for hydroxylation is 1. The van der Waals surface area contributed by atoms with E-state index in [-0.39, 0.29) is 11.6 Å². The van der Waals surface area contributed by atoms with Gasteiger partial charge in [0.25, 0.3) is 11.6 Å². The fraction of sp³-hybridized carbons (Fsp3) is 0.333. The van der Waals surface area contributed by atoms with Gasteiger partial charge in [-0.3, -0.25) is 14.9 Å². The van der Waals surface area contributed by atoms with Crippen LogP contribution >= 0.6 is 23.1 Å². The van der Waals surface area contributed by atoms with Crippen molar-refractivity contribution in [1.82, 2.24) is 10.3 Å². The fourth-order valence-electron chi connectivity index (χ4n) is 2.02. The molecule has 23 heavy (non-hydrogen) atoms. The smallest absolute Gasteiger partial charge is 0.284 e. The largest absolute Gasteiger partial charge is 0.352 e. The molecule has 3 rings (SSSR count). The molecule has 0 atom stereocenters. The van der Waals surface area contributed by atoms with Crippen molar-refractivity contribution in [3.63, 3.8) is 0 Å². The summed E-state index contributed by atoms with van der Waals surface area (Å²) in [5.41, 5.74) is 1.13. The Bertz CT molecular complexity index is 756. The second-order valence-corrected chi connectivity index (χ2v) is 7.60. The molecule has 1 aromatic heterocycles. The van der Waals surface area contributed by atoms with Gasteiger partial charge in [-0.15, -0.1) is 11.3 Å². The molecule has 1 aliphatic carbocycles. The molecular weight excluding hydrogens is 334 g/mol. The molecule has 1 N–H and O–H groups in total. The average Bonchev–Trinajstić information content (AvgIpc) is 3.27. The van der Waals surface area contributed by atoms with E-state index in [4.69, 9.17) is 0 Å².